The maximum Gasteiger partial charge on any atom is 0.306 e. The molecule has 0 spiro atoms. The summed E-state index contributed by atoms with van der Waals surface area (Å²) >= 11 is 0. The van der Waals surface area contributed by atoms with Gasteiger partial charge in [0.25, 0.3) is 0 Å². The fraction of sp³-hybridized carbons (Fsp3) is 0.259. The second kappa shape index (κ2) is 8.62. The highest BCUT2D eigenvalue weighted by Crippen LogP contribution is 2.38. The third-order valence-corrected chi connectivity index (χ3v) is 6.36. The number of hydrogen-bond donors (Lipinski definition) is 1. The third-order valence-electron chi connectivity index (χ3n) is 6.36. The van der Waals surface area contributed by atoms with Crippen LogP contribution in [0.3, 0.4) is 0 Å². The molecular weight excluding hydrogens is 416 g/mol. The summed E-state index contributed by atoms with van der Waals surface area (Å²) in [5.41, 5.74) is 8.29. The number of esters is 1. The van der Waals surface area contributed by atoms with Crippen molar-refractivity contribution in [1.29, 1.82) is 0 Å². The first-order valence-corrected chi connectivity index (χ1v) is 11.1. The van der Waals surface area contributed by atoms with Crippen molar-refractivity contribution in [3.63, 3.8) is 0 Å². The van der Waals surface area contributed by atoms with E-state index in [2.05, 4.69) is 35.4 Å². The van der Waals surface area contributed by atoms with Crippen molar-refractivity contribution in [2.75, 3.05) is 19.0 Å². The number of nitrogens with zero attached hydrogens (tertiary/aromatic N) is 1. The number of anilines is 1. The van der Waals surface area contributed by atoms with E-state index in [-0.39, 0.29) is 11.9 Å². The Balaban J connectivity index is 1.36. The van der Waals surface area contributed by atoms with Crippen LogP contribution in [0.4, 0.5) is 5.69 Å². The average Bonchev–Trinajstić information content (AvgIpc) is 3.38. The lowest BCUT2D eigenvalue weighted by atomic mass is 9.95. The number of hydrogen-bond acceptors (Lipinski definition) is 6. The predicted molar refractivity (Wildman–Crippen MR) is 128 cm³/mol. The molecule has 1 aliphatic heterocycles. The monoisotopic (exact) mass is 442 g/mol. The maximum atomic E-state index is 11.6. The summed E-state index contributed by atoms with van der Waals surface area (Å²) in [7, 11) is 1.41. The van der Waals surface area contributed by atoms with Crippen LogP contribution in [0.2, 0.25) is 0 Å². The van der Waals surface area contributed by atoms with E-state index in [9.17, 15) is 4.79 Å². The summed E-state index contributed by atoms with van der Waals surface area (Å²) in [5.74, 6) is 1.52. The zero-order valence-electron chi connectivity index (χ0n) is 19.0. The van der Waals surface area contributed by atoms with Crippen LogP contribution in [-0.4, -0.2) is 24.7 Å². The first-order valence-electron chi connectivity index (χ1n) is 11.1. The highest BCUT2D eigenvalue weighted by atomic mass is 16.5. The topological polar surface area (TPSA) is 73.6 Å². The van der Waals surface area contributed by atoms with Gasteiger partial charge in [-0.05, 0) is 48.7 Å². The zero-order chi connectivity index (χ0) is 22.9. The normalized spacial score (nSPS) is 14.7. The zero-order valence-corrected chi connectivity index (χ0v) is 19.0. The molecule has 1 aliphatic rings. The van der Waals surface area contributed by atoms with Gasteiger partial charge in [0.2, 0.25) is 0 Å². The van der Waals surface area contributed by atoms with E-state index < -0.39 is 0 Å². The standard InChI is InChI=1S/C27H26N2O4/c1-16-18(6-4-7-21(16)26-17(2)33-23-8-5-11-28-27(23)26)14-29-20-9-10-22-19(12-25(30)31-3)15-32-24(22)13-20/h4-11,13,19,29H,12,14-15H2,1-3H3. The minimum Gasteiger partial charge on any atom is -0.493 e. The third kappa shape index (κ3) is 3.93. The van der Waals surface area contributed by atoms with Crippen LogP contribution >= 0.6 is 0 Å². The number of benzene rings is 2. The Hall–Kier alpha value is -3.80. The number of carbonyl (C=O) groups excluding carboxylic acids is 1. The highest BCUT2D eigenvalue weighted by molar-refractivity contribution is 5.93. The molecule has 3 heterocycles. The molecule has 2 aromatic heterocycles. The fourth-order valence-corrected chi connectivity index (χ4v) is 4.54. The van der Waals surface area contributed by atoms with Crippen LogP contribution < -0.4 is 10.1 Å². The second-order valence-corrected chi connectivity index (χ2v) is 8.37. The molecule has 0 radical (unpaired) electrons. The number of ether oxygens (including phenoxy) is 2. The molecule has 0 amide bonds. The molecule has 0 aliphatic carbocycles. The highest BCUT2D eigenvalue weighted by Gasteiger charge is 2.27. The molecule has 6 heteroatoms. The van der Waals surface area contributed by atoms with Gasteiger partial charge >= 0.3 is 5.97 Å². The van der Waals surface area contributed by atoms with Crippen molar-refractivity contribution >= 4 is 22.8 Å². The van der Waals surface area contributed by atoms with Crippen LogP contribution in [0, 0.1) is 13.8 Å². The lowest BCUT2D eigenvalue weighted by Crippen LogP contribution is -2.09. The summed E-state index contributed by atoms with van der Waals surface area (Å²) in [6.45, 7) is 5.30. The van der Waals surface area contributed by atoms with E-state index in [1.807, 2.05) is 37.3 Å². The van der Waals surface area contributed by atoms with Crippen LogP contribution in [-0.2, 0) is 16.1 Å². The Morgan fingerprint density at radius 2 is 2.06 bits per heavy atom. The molecule has 4 aromatic rings. The number of aryl methyl sites for hydroxylation is 1. The van der Waals surface area contributed by atoms with E-state index in [1.165, 1.54) is 18.2 Å². The number of pyridine rings is 1. The number of aromatic nitrogens is 1. The lowest BCUT2D eigenvalue weighted by molar-refractivity contribution is -0.141. The quantitative estimate of drug-likeness (QED) is 0.383. The van der Waals surface area contributed by atoms with Crippen molar-refractivity contribution in [2.24, 2.45) is 0 Å². The number of carbonyl (C=O) groups is 1. The maximum absolute atomic E-state index is 11.6. The van der Waals surface area contributed by atoms with Gasteiger partial charge in [0.1, 0.15) is 17.0 Å². The summed E-state index contributed by atoms with van der Waals surface area (Å²) in [4.78, 5) is 16.2. The van der Waals surface area contributed by atoms with E-state index in [0.29, 0.717) is 19.6 Å². The van der Waals surface area contributed by atoms with Crippen molar-refractivity contribution in [3.8, 4) is 16.9 Å². The molecular formula is C27H26N2O4. The number of fused-ring (bicyclic) bond motifs is 2. The van der Waals surface area contributed by atoms with Gasteiger partial charge < -0.3 is 19.2 Å². The minimum absolute atomic E-state index is 0.0436. The van der Waals surface area contributed by atoms with Crippen molar-refractivity contribution < 1.29 is 18.7 Å². The van der Waals surface area contributed by atoms with Gasteiger partial charge in [-0.25, -0.2) is 0 Å². The molecule has 5 rings (SSSR count). The van der Waals surface area contributed by atoms with Crippen LogP contribution in [0.1, 0.15) is 34.8 Å². The van der Waals surface area contributed by atoms with Gasteiger partial charge in [-0.3, -0.25) is 9.78 Å². The Bertz CT molecular complexity index is 1340. The Morgan fingerprint density at radius 3 is 2.91 bits per heavy atom. The van der Waals surface area contributed by atoms with Crippen LogP contribution in [0.15, 0.2) is 59.1 Å². The van der Waals surface area contributed by atoms with Gasteiger partial charge in [0.05, 0.1) is 20.1 Å². The molecule has 0 fully saturated rings. The molecule has 1 unspecified atom stereocenters. The molecule has 6 nitrogen and oxygen atoms in total. The minimum atomic E-state index is -0.218. The molecule has 2 aromatic carbocycles. The summed E-state index contributed by atoms with van der Waals surface area (Å²) in [5, 5.41) is 3.51. The van der Waals surface area contributed by atoms with Gasteiger partial charge in [0, 0.05) is 41.5 Å². The van der Waals surface area contributed by atoms with Crippen molar-refractivity contribution in [1.82, 2.24) is 4.98 Å². The average molecular weight is 443 g/mol. The largest absolute Gasteiger partial charge is 0.493 e. The Morgan fingerprint density at radius 1 is 1.18 bits per heavy atom. The van der Waals surface area contributed by atoms with Gasteiger partial charge in [-0.2, -0.15) is 0 Å². The molecule has 1 N–H and O–H groups in total. The number of furan rings is 1. The smallest absolute Gasteiger partial charge is 0.306 e. The molecule has 1 atom stereocenters. The molecule has 0 saturated carbocycles. The Labute approximate surface area is 192 Å². The number of rotatable bonds is 6. The lowest BCUT2D eigenvalue weighted by Gasteiger charge is -2.14. The van der Waals surface area contributed by atoms with Gasteiger partial charge in [-0.15, -0.1) is 0 Å². The number of methoxy groups -OCH3 is 1. The molecule has 0 saturated heterocycles. The van der Waals surface area contributed by atoms with Crippen molar-refractivity contribution in [2.45, 2.75) is 32.7 Å². The first-order chi connectivity index (χ1) is 16.0. The van der Waals surface area contributed by atoms with E-state index in [1.54, 1.807) is 6.20 Å². The summed E-state index contributed by atoms with van der Waals surface area (Å²) < 4.78 is 16.6. The summed E-state index contributed by atoms with van der Waals surface area (Å²) in [6.07, 6.45) is 2.13. The number of nitrogens with one attached hydrogen (secondary N) is 1. The van der Waals surface area contributed by atoms with E-state index in [4.69, 9.17) is 13.9 Å². The fourth-order valence-electron chi connectivity index (χ4n) is 4.54. The predicted octanol–water partition coefficient (Wildman–Crippen LogP) is 5.76. The second-order valence-electron chi connectivity index (χ2n) is 8.37. The van der Waals surface area contributed by atoms with Crippen molar-refractivity contribution in [3.05, 3.63) is 77.2 Å². The van der Waals surface area contributed by atoms with Gasteiger partial charge in [0.15, 0.2) is 5.58 Å². The van der Waals surface area contributed by atoms with E-state index in [0.717, 1.165) is 45.0 Å². The Kier molecular flexibility index (Phi) is 5.50. The SMILES string of the molecule is COC(=O)CC1COc2cc(NCc3cccc(-c4c(C)oc5cccnc45)c3C)ccc21. The van der Waals surface area contributed by atoms with Gasteiger partial charge in [-0.1, -0.05) is 24.3 Å². The van der Waals surface area contributed by atoms with Crippen LogP contribution in [0.5, 0.6) is 5.75 Å². The van der Waals surface area contributed by atoms with E-state index >= 15 is 0 Å². The first kappa shape index (κ1) is 21.1. The van der Waals surface area contributed by atoms with Crippen LogP contribution in [0.25, 0.3) is 22.2 Å². The molecule has 0 bridgehead atoms. The molecule has 33 heavy (non-hydrogen) atoms. The molecule has 168 valence electrons. The summed E-state index contributed by atoms with van der Waals surface area (Å²) in [6, 6.07) is 16.2.